The van der Waals surface area contributed by atoms with Crippen molar-refractivity contribution in [1.29, 1.82) is 0 Å². The van der Waals surface area contributed by atoms with Crippen LogP contribution in [-0.4, -0.2) is 97.1 Å². The van der Waals surface area contributed by atoms with E-state index in [0.717, 1.165) is 202 Å². The third-order valence-electron chi connectivity index (χ3n) is 17.4. The van der Waals surface area contributed by atoms with E-state index < -0.39 is 0 Å². The van der Waals surface area contributed by atoms with Gasteiger partial charge in [-0.25, -0.2) is 67.2 Å². The van der Waals surface area contributed by atoms with Crippen molar-refractivity contribution in [2.45, 2.75) is 41.5 Å². The zero-order valence-electron chi connectivity index (χ0n) is 68.2. The summed E-state index contributed by atoms with van der Waals surface area (Å²) >= 11 is 0. The van der Waals surface area contributed by atoms with E-state index in [0.29, 0.717) is 0 Å². The molecule has 0 aliphatic heterocycles. The van der Waals surface area contributed by atoms with Gasteiger partial charge in [0.2, 0.25) is 0 Å². The van der Waals surface area contributed by atoms with Crippen LogP contribution in [0, 0.1) is 0 Å². The predicted molar refractivity (Wildman–Crippen MR) is 509 cm³/mol. The summed E-state index contributed by atoms with van der Waals surface area (Å²) in [5, 5.41) is 58.4. The van der Waals surface area contributed by atoms with Crippen LogP contribution in [0.3, 0.4) is 0 Å². The third-order valence-corrected chi connectivity index (χ3v) is 17.4. The van der Waals surface area contributed by atoms with E-state index in [2.05, 4.69) is 205 Å². The molecule has 0 bridgehead atoms. The number of fused-ring (bicyclic) bond motifs is 15. The van der Waals surface area contributed by atoms with Gasteiger partial charge in [-0.15, -0.1) is 0 Å². The average Bonchev–Trinajstić information content (AvgIpc) is 0.791. The Kier molecular flexibility index (Phi) is 40.5. The molecule has 606 valence electrons. The third kappa shape index (κ3) is 27.1. The number of hydrogen-bond acceptors (Lipinski definition) is 12. The molecule has 0 aliphatic carbocycles. The summed E-state index contributed by atoms with van der Waals surface area (Å²) in [5.41, 5.74) is 17.3. The van der Waals surface area contributed by atoms with Gasteiger partial charge in [0.25, 0.3) is 0 Å². The summed E-state index contributed by atoms with van der Waals surface area (Å²) in [6.07, 6.45) is 16.8. The van der Waals surface area contributed by atoms with E-state index >= 15 is 0 Å². The number of aromatic nitrogens is 12. The Bertz CT molecular complexity index is 5910. The molecule has 0 fully saturated rings. The van der Waals surface area contributed by atoms with E-state index in [1.807, 2.05) is 182 Å². The Balaban J connectivity index is 0.000000195. The van der Waals surface area contributed by atoms with Gasteiger partial charge in [-0.1, -0.05) is 260 Å². The molecule has 21 heteroatoms. The topological polar surface area (TPSA) is 288 Å². The Morgan fingerprint density at radius 3 is 0.407 bits per heavy atom. The standard InChI is InChI=1S/3C18H12N2.3C12H8N2.6C2H4N.3Ru/c3*1-3-7-15-13(5-1)9-11-17(19-15)18-12-10-14-6-2-4-8-16(14)20-18;3*1-3-9-5-6-10-4-2-8-14-12(10)11(9)13-7-1;6*1-2-3;;;/h3*1-12H;3*1-8H;6*2H,1H3;;;/q;;;;;;6*-1;3*+2. The summed E-state index contributed by atoms with van der Waals surface area (Å²) < 4.78 is 0. The van der Waals surface area contributed by atoms with Crippen LogP contribution in [0.25, 0.3) is 197 Å². The molecule has 0 saturated carbocycles. The monoisotopic (exact) mass is 1870 g/mol. The summed E-state index contributed by atoms with van der Waals surface area (Å²) in [6, 6.07) is 110. The zero-order valence-corrected chi connectivity index (χ0v) is 73.4. The van der Waals surface area contributed by atoms with Crippen molar-refractivity contribution in [3.8, 4) is 34.2 Å². The molecule has 0 atom stereocenters. The van der Waals surface area contributed by atoms with Gasteiger partial charge in [0.1, 0.15) is 0 Å². The van der Waals surface area contributed by atoms with Gasteiger partial charge in [0.05, 0.1) is 100 Å². The van der Waals surface area contributed by atoms with E-state index in [4.69, 9.17) is 32.5 Å². The molecule has 12 aromatic heterocycles. The Morgan fingerprint density at radius 1 is 0.154 bits per heavy atom. The van der Waals surface area contributed by atoms with Crippen LogP contribution in [-0.2, 0) is 58.4 Å². The van der Waals surface area contributed by atoms with Crippen molar-refractivity contribution >= 4 is 168 Å². The molecule has 9 aromatic carbocycles. The first-order chi connectivity index (χ1) is 59.0. The zero-order chi connectivity index (χ0) is 84.5. The molecular formula is C102H84N18Ru3. The number of nitrogens with zero attached hydrogens (tertiary/aromatic N) is 18. The number of para-hydroxylation sites is 6. The van der Waals surface area contributed by atoms with Gasteiger partial charge in [0, 0.05) is 102 Å². The quantitative estimate of drug-likeness (QED) is 0.0906. The van der Waals surface area contributed by atoms with Crippen LogP contribution in [0.1, 0.15) is 41.5 Å². The molecule has 18 nitrogen and oxygen atoms in total. The Labute approximate surface area is 753 Å². The molecule has 12 heterocycles. The largest absolute Gasteiger partial charge is 2.00 e. The number of benzene rings is 9. The average molecular weight is 1870 g/mol. The molecule has 21 rings (SSSR count). The van der Waals surface area contributed by atoms with Crippen LogP contribution in [0.15, 0.2) is 365 Å². The fraction of sp³-hybridized carbons (Fsp3) is 0.0588. The minimum atomic E-state index is 0. The van der Waals surface area contributed by atoms with Crippen molar-refractivity contribution in [2.24, 2.45) is 0 Å². The smallest absolute Gasteiger partial charge is 0.814 e. The van der Waals surface area contributed by atoms with Crippen molar-refractivity contribution in [3.63, 3.8) is 0 Å². The van der Waals surface area contributed by atoms with Crippen LogP contribution in [0.5, 0.6) is 0 Å². The minimum Gasteiger partial charge on any atom is -0.814 e. The number of hydrogen-bond donors (Lipinski definition) is 0. The van der Waals surface area contributed by atoms with Crippen molar-refractivity contribution in [3.05, 3.63) is 397 Å². The van der Waals surface area contributed by atoms with Crippen LogP contribution < -0.4 is 0 Å². The molecule has 21 aromatic rings. The normalized spacial score (nSPS) is 9.71. The molecule has 0 saturated heterocycles. The molecule has 123 heavy (non-hydrogen) atoms. The van der Waals surface area contributed by atoms with Gasteiger partial charge in [-0.05, 0) is 109 Å². The molecule has 0 aliphatic rings. The van der Waals surface area contributed by atoms with Crippen molar-refractivity contribution < 1.29 is 58.4 Å². The van der Waals surface area contributed by atoms with Gasteiger partial charge < -0.3 is 32.5 Å². The van der Waals surface area contributed by atoms with Gasteiger partial charge in [-0.2, -0.15) is 0 Å². The summed E-state index contributed by atoms with van der Waals surface area (Å²) in [7, 11) is 0. The van der Waals surface area contributed by atoms with Gasteiger partial charge in [-0.3, -0.25) is 29.9 Å². The molecule has 0 radical (unpaired) electrons. The minimum absolute atomic E-state index is 0. The number of pyridine rings is 12. The molecule has 0 N–H and O–H groups in total. The second-order valence-corrected chi connectivity index (χ2v) is 25.5. The molecule has 0 amide bonds. The van der Waals surface area contributed by atoms with E-state index in [-0.39, 0.29) is 58.4 Å². The fourth-order valence-electron chi connectivity index (χ4n) is 12.3. The maximum atomic E-state index is 7.44. The van der Waals surface area contributed by atoms with Crippen LogP contribution in [0.2, 0.25) is 0 Å². The maximum absolute atomic E-state index is 7.44. The molecular weight excluding hydrogens is 1780 g/mol. The van der Waals surface area contributed by atoms with E-state index in [1.165, 1.54) is 0 Å². The Morgan fingerprint density at radius 2 is 0.268 bits per heavy atom. The van der Waals surface area contributed by atoms with Crippen LogP contribution in [0.4, 0.5) is 0 Å². The SMILES string of the molecule is CC=[N-].CC=[N-].CC=[N-].CC=[N-].CC=[N-].CC=[N-].[Ru+2].[Ru+2].[Ru+2].c1ccc2nc(-c3ccc4ccccc4n3)ccc2c1.c1ccc2nc(-c3ccc4ccccc4n3)ccc2c1.c1ccc2nc(-c3ccc4ccccc4n3)ccc2c1.c1cnc2c(c1)ccc1cccnc12.c1cnc2c(c1)ccc1cccnc12.c1cnc2c(c1)ccc1cccnc12. The second-order valence-electron chi connectivity index (χ2n) is 25.5. The molecule has 0 spiro atoms. The molecule has 0 unspecified atom stereocenters. The predicted octanol–water partition coefficient (Wildman–Crippen LogP) is 25.6. The summed E-state index contributed by atoms with van der Waals surface area (Å²) in [4.78, 5) is 54.2. The van der Waals surface area contributed by atoms with Crippen LogP contribution >= 0.6 is 0 Å². The fourth-order valence-corrected chi connectivity index (χ4v) is 12.3. The second kappa shape index (κ2) is 52.0. The van der Waals surface area contributed by atoms with E-state index in [9.17, 15) is 0 Å². The van der Waals surface area contributed by atoms with Gasteiger partial charge >= 0.3 is 58.4 Å². The first-order valence-corrected chi connectivity index (χ1v) is 38.5. The van der Waals surface area contributed by atoms with Crippen molar-refractivity contribution in [2.75, 3.05) is 0 Å². The summed E-state index contributed by atoms with van der Waals surface area (Å²) in [5.74, 6) is 0. The van der Waals surface area contributed by atoms with Crippen molar-refractivity contribution in [1.82, 2.24) is 59.8 Å². The summed E-state index contributed by atoms with van der Waals surface area (Å²) in [6.45, 7) is 9.33. The maximum Gasteiger partial charge on any atom is 2.00 e. The van der Waals surface area contributed by atoms with E-state index in [1.54, 1.807) is 78.7 Å². The number of rotatable bonds is 3. The first kappa shape index (κ1) is 95.9. The first-order valence-electron chi connectivity index (χ1n) is 38.5. The van der Waals surface area contributed by atoms with Gasteiger partial charge in [0.15, 0.2) is 0 Å². The Hall–Kier alpha value is -14.2.